The van der Waals surface area contributed by atoms with Gasteiger partial charge in [-0.1, -0.05) is 25.4 Å². The Kier molecular flexibility index (Phi) is 5.66. The molecule has 1 heterocycles. The van der Waals surface area contributed by atoms with Crippen molar-refractivity contribution in [2.75, 3.05) is 30.4 Å². The number of aromatic nitrogens is 2. The first-order valence-corrected chi connectivity index (χ1v) is 6.28. The number of anilines is 2. The highest BCUT2D eigenvalue weighted by Gasteiger charge is 2.14. The maximum Gasteiger partial charge on any atom is 0.224 e. The molecule has 6 heteroatoms. The fraction of sp³-hybridized carbons (Fsp3) is 0.583. The highest BCUT2D eigenvalue weighted by atomic mass is 35.5. The summed E-state index contributed by atoms with van der Waals surface area (Å²) in [5, 5.41) is 12.1. The average Bonchev–Trinajstić information content (AvgIpc) is 2.35. The average molecular weight is 268 g/mol. The summed E-state index contributed by atoms with van der Waals surface area (Å²) in [6.07, 6.45) is 2.03. The van der Waals surface area contributed by atoms with Crippen LogP contribution >= 0.6 is 11.6 Å². The van der Waals surface area contributed by atoms with E-state index in [0.717, 1.165) is 6.54 Å². The van der Waals surface area contributed by atoms with Crippen LogP contribution in [0.25, 0.3) is 0 Å². The number of nitrogens with zero attached hydrogens (tertiary/aromatic N) is 4. The summed E-state index contributed by atoms with van der Waals surface area (Å²) in [5.41, 5.74) is 0. The summed E-state index contributed by atoms with van der Waals surface area (Å²) in [5.74, 6) is 1.67. The Bertz CT molecular complexity index is 427. The molecule has 18 heavy (non-hydrogen) atoms. The molecule has 0 fully saturated rings. The quantitative estimate of drug-likeness (QED) is 0.858. The zero-order valence-electron chi connectivity index (χ0n) is 10.9. The molecule has 5 nitrogen and oxygen atoms in total. The van der Waals surface area contributed by atoms with Gasteiger partial charge < -0.3 is 10.2 Å². The maximum absolute atomic E-state index is 8.71. The summed E-state index contributed by atoms with van der Waals surface area (Å²) >= 11 is 6.13. The molecule has 0 bridgehead atoms. The molecule has 0 aromatic carbocycles. The highest BCUT2D eigenvalue weighted by Crippen LogP contribution is 2.24. The molecule has 0 atom stereocenters. The van der Waals surface area contributed by atoms with Crippen LogP contribution in [0.4, 0.5) is 11.8 Å². The highest BCUT2D eigenvalue weighted by molar-refractivity contribution is 6.32. The molecule has 0 spiro atoms. The normalized spacial score (nSPS) is 10.2. The van der Waals surface area contributed by atoms with Crippen molar-refractivity contribution in [1.82, 2.24) is 9.97 Å². The van der Waals surface area contributed by atoms with E-state index >= 15 is 0 Å². The van der Waals surface area contributed by atoms with Crippen molar-refractivity contribution in [3.05, 3.63) is 11.2 Å². The summed E-state index contributed by atoms with van der Waals surface area (Å²) in [7, 11) is 1.76. The molecule has 0 aliphatic heterocycles. The monoisotopic (exact) mass is 267 g/mol. The van der Waals surface area contributed by atoms with Gasteiger partial charge in [-0.3, -0.25) is 0 Å². The van der Waals surface area contributed by atoms with Crippen LogP contribution in [0.3, 0.4) is 0 Å². The van der Waals surface area contributed by atoms with Gasteiger partial charge in [-0.05, 0) is 5.92 Å². The van der Waals surface area contributed by atoms with Crippen molar-refractivity contribution < 1.29 is 0 Å². The van der Waals surface area contributed by atoms with Gasteiger partial charge in [-0.25, -0.2) is 4.98 Å². The molecule has 1 aromatic rings. The van der Waals surface area contributed by atoms with E-state index < -0.39 is 0 Å². The lowest BCUT2D eigenvalue weighted by atomic mass is 10.2. The third-order valence-corrected chi connectivity index (χ3v) is 2.59. The number of rotatable bonds is 6. The number of nitrogens with one attached hydrogen (secondary N) is 1. The lowest BCUT2D eigenvalue weighted by Gasteiger charge is -2.25. The largest absolute Gasteiger partial charge is 0.357 e. The van der Waals surface area contributed by atoms with Crippen molar-refractivity contribution in [1.29, 1.82) is 5.26 Å². The second kappa shape index (κ2) is 7.02. The second-order valence-corrected chi connectivity index (χ2v) is 4.77. The SMILES string of the molecule is CNc1ncc(Cl)c(N(CCC#N)CC(C)C)n1. The maximum atomic E-state index is 8.71. The minimum atomic E-state index is 0.446. The van der Waals surface area contributed by atoms with Crippen LogP contribution < -0.4 is 10.2 Å². The van der Waals surface area contributed by atoms with E-state index in [1.54, 1.807) is 13.2 Å². The topological polar surface area (TPSA) is 64.8 Å². The van der Waals surface area contributed by atoms with Gasteiger partial charge in [-0.2, -0.15) is 10.2 Å². The lowest BCUT2D eigenvalue weighted by Crippen LogP contribution is -2.30. The van der Waals surface area contributed by atoms with Crippen LogP contribution in [-0.4, -0.2) is 30.1 Å². The molecular weight excluding hydrogens is 250 g/mol. The van der Waals surface area contributed by atoms with E-state index in [4.69, 9.17) is 16.9 Å². The third-order valence-electron chi connectivity index (χ3n) is 2.33. The van der Waals surface area contributed by atoms with Crippen LogP contribution in [-0.2, 0) is 0 Å². The Balaban J connectivity index is 2.99. The molecule has 0 saturated carbocycles. The van der Waals surface area contributed by atoms with Gasteiger partial charge in [0.2, 0.25) is 5.95 Å². The van der Waals surface area contributed by atoms with Crippen molar-refractivity contribution >= 4 is 23.4 Å². The van der Waals surface area contributed by atoms with Gasteiger partial charge in [-0.15, -0.1) is 0 Å². The first kappa shape index (κ1) is 14.5. The van der Waals surface area contributed by atoms with Gasteiger partial charge in [0.15, 0.2) is 5.82 Å². The summed E-state index contributed by atoms with van der Waals surface area (Å²) in [6.45, 7) is 5.66. The molecule has 98 valence electrons. The lowest BCUT2D eigenvalue weighted by molar-refractivity contribution is 0.607. The molecule has 1 rings (SSSR count). The van der Waals surface area contributed by atoms with Crippen molar-refractivity contribution in [3.63, 3.8) is 0 Å². The first-order valence-electron chi connectivity index (χ1n) is 5.90. The van der Waals surface area contributed by atoms with Crippen LogP contribution in [0.2, 0.25) is 5.02 Å². The molecule has 1 N–H and O–H groups in total. The predicted octanol–water partition coefficient (Wildman–Crippen LogP) is 2.55. The zero-order chi connectivity index (χ0) is 13.5. The van der Waals surface area contributed by atoms with Crippen LogP contribution in [0.1, 0.15) is 20.3 Å². The summed E-state index contributed by atoms with van der Waals surface area (Å²) in [6, 6.07) is 2.15. The van der Waals surface area contributed by atoms with Gasteiger partial charge in [0.1, 0.15) is 5.02 Å². The van der Waals surface area contributed by atoms with E-state index in [1.165, 1.54) is 0 Å². The van der Waals surface area contributed by atoms with E-state index in [9.17, 15) is 0 Å². The molecular formula is C12H18ClN5. The minimum absolute atomic E-state index is 0.446. The van der Waals surface area contributed by atoms with E-state index in [-0.39, 0.29) is 0 Å². The van der Waals surface area contributed by atoms with E-state index in [0.29, 0.717) is 35.7 Å². The Morgan fingerprint density at radius 3 is 2.83 bits per heavy atom. The summed E-state index contributed by atoms with van der Waals surface area (Å²) in [4.78, 5) is 10.4. The molecule has 0 aliphatic carbocycles. The molecule has 0 unspecified atom stereocenters. The van der Waals surface area contributed by atoms with E-state index in [1.807, 2.05) is 4.90 Å². The Labute approximate surface area is 113 Å². The van der Waals surface area contributed by atoms with Crippen molar-refractivity contribution in [2.45, 2.75) is 20.3 Å². The van der Waals surface area contributed by atoms with Gasteiger partial charge >= 0.3 is 0 Å². The van der Waals surface area contributed by atoms with Crippen LogP contribution in [0, 0.1) is 17.2 Å². The number of halogens is 1. The van der Waals surface area contributed by atoms with Crippen molar-refractivity contribution in [3.8, 4) is 6.07 Å². The first-order chi connectivity index (χ1) is 8.58. The number of hydrogen-bond donors (Lipinski definition) is 1. The Hall–Kier alpha value is -1.54. The summed E-state index contributed by atoms with van der Waals surface area (Å²) < 4.78 is 0. The molecule has 0 amide bonds. The third kappa shape index (κ3) is 4.04. The molecule has 0 radical (unpaired) electrons. The fourth-order valence-electron chi connectivity index (χ4n) is 1.61. The second-order valence-electron chi connectivity index (χ2n) is 4.36. The van der Waals surface area contributed by atoms with E-state index in [2.05, 4.69) is 35.2 Å². The molecule has 1 aromatic heterocycles. The standard InChI is InChI=1S/C12H18ClN5/c1-9(2)8-18(6-4-5-14)11-10(13)7-16-12(15-3)17-11/h7,9H,4,6,8H2,1-3H3,(H,15,16,17). The van der Waals surface area contributed by atoms with Crippen LogP contribution in [0.5, 0.6) is 0 Å². The van der Waals surface area contributed by atoms with Gasteiger partial charge in [0, 0.05) is 20.1 Å². The molecule has 0 aliphatic rings. The van der Waals surface area contributed by atoms with Crippen molar-refractivity contribution in [2.24, 2.45) is 5.92 Å². The smallest absolute Gasteiger partial charge is 0.224 e. The number of nitriles is 1. The fourth-order valence-corrected chi connectivity index (χ4v) is 1.82. The zero-order valence-corrected chi connectivity index (χ0v) is 11.7. The predicted molar refractivity (Wildman–Crippen MR) is 73.9 cm³/mol. The molecule has 0 saturated heterocycles. The van der Waals surface area contributed by atoms with Crippen LogP contribution in [0.15, 0.2) is 6.20 Å². The Morgan fingerprint density at radius 2 is 2.28 bits per heavy atom. The number of hydrogen-bond acceptors (Lipinski definition) is 5. The Morgan fingerprint density at radius 1 is 1.56 bits per heavy atom. The minimum Gasteiger partial charge on any atom is -0.357 e. The van der Waals surface area contributed by atoms with Gasteiger partial charge in [0.05, 0.1) is 18.7 Å². The van der Waals surface area contributed by atoms with Gasteiger partial charge in [0.25, 0.3) is 0 Å².